The SMILES string of the molecule is COc1ccc(OC)c(C=C2Oc3cc(OCC(=O)N[C@@H](CC(=O)O)C(=O)O)ccc3C2=O)c1. The Morgan fingerprint density at radius 2 is 1.79 bits per heavy atom. The van der Waals surface area contributed by atoms with E-state index >= 15 is 0 Å². The van der Waals surface area contributed by atoms with Gasteiger partial charge in [0.25, 0.3) is 5.91 Å². The second-order valence-corrected chi connectivity index (χ2v) is 7.05. The van der Waals surface area contributed by atoms with E-state index in [1.807, 2.05) is 0 Å². The number of benzene rings is 2. The Bertz CT molecular complexity index is 1170. The number of hydrogen-bond acceptors (Lipinski definition) is 8. The zero-order valence-electron chi connectivity index (χ0n) is 18.2. The predicted molar refractivity (Wildman–Crippen MR) is 116 cm³/mol. The number of carbonyl (C=O) groups excluding carboxylic acids is 2. The topological polar surface area (TPSA) is 158 Å². The summed E-state index contributed by atoms with van der Waals surface area (Å²) in [5.74, 6) is -2.50. The van der Waals surface area contributed by atoms with Crippen molar-refractivity contribution in [3.05, 3.63) is 53.3 Å². The molecule has 178 valence electrons. The first-order chi connectivity index (χ1) is 16.2. The van der Waals surface area contributed by atoms with Gasteiger partial charge in [-0.3, -0.25) is 14.4 Å². The van der Waals surface area contributed by atoms with Crippen LogP contribution in [0, 0.1) is 0 Å². The highest BCUT2D eigenvalue weighted by Crippen LogP contribution is 2.36. The van der Waals surface area contributed by atoms with E-state index in [0.29, 0.717) is 17.1 Å². The standard InChI is InChI=1S/C23H21NO10/c1-31-13-4-6-17(32-2)12(7-13)8-19-22(28)15-5-3-14(9-18(15)34-19)33-11-20(25)24-16(23(29)30)10-21(26)27/h3-9,16H,10-11H2,1-2H3,(H,24,25)(H,26,27)(H,29,30)/t16-/m0/s1. The molecule has 0 fully saturated rings. The van der Waals surface area contributed by atoms with Crippen LogP contribution in [0.5, 0.6) is 23.0 Å². The van der Waals surface area contributed by atoms with Crippen LogP contribution in [0.4, 0.5) is 0 Å². The fourth-order valence-electron chi connectivity index (χ4n) is 3.11. The van der Waals surface area contributed by atoms with Gasteiger partial charge >= 0.3 is 11.9 Å². The molecule has 2 aromatic rings. The summed E-state index contributed by atoms with van der Waals surface area (Å²) in [6.07, 6.45) is 0.745. The number of rotatable bonds is 10. The van der Waals surface area contributed by atoms with Crippen LogP contribution in [0.1, 0.15) is 22.3 Å². The fraction of sp³-hybridized carbons (Fsp3) is 0.217. The molecule has 0 radical (unpaired) electrons. The zero-order valence-corrected chi connectivity index (χ0v) is 18.2. The Hall–Kier alpha value is -4.54. The number of amides is 1. The van der Waals surface area contributed by atoms with Gasteiger partial charge in [0.05, 0.1) is 26.2 Å². The smallest absolute Gasteiger partial charge is 0.326 e. The molecule has 0 bridgehead atoms. The molecule has 1 atom stereocenters. The molecule has 0 unspecified atom stereocenters. The van der Waals surface area contributed by atoms with Crippen molar-refractivity contribution in [2.24, 2.45) is 0 Å². The summed E-state index contributed by atoms with van der Waals surface area (Å²) in [7, 11) is 3.01. The molecule has 1 heterocycles. The Labute approximate surface area is 193 Å². The Morgan fingerprint density at radius 3 is 2.44 bits per heavy atom. The molecule has 1 aliphatic rings. The number of Topliss-reactive ketones (excluding diaryl/α,β-unsaturated/α-hetero) is 1. The largest absolute Gasteiger partial charge is 0.497 e. The molecule has 0 spiro atoms. The molecule has 0 saturated carbocycles. The van der Waals surface area contributed by atoms with Crippen LogP contribution < -0.4 is 24.3 Å². The lowest BCUT2D eigenvalue weighted by Gasteiger charge is -2.13. The minimum absolute atomic E-state index is 0.0504. The Morgan fingerprint density at radius 1 is 1.06 bits per heavy atom. The predicted octanol–water partition coefficient (Wildman–Crippen LogP) is 1.74. The van der Waals surface area contributed by atoms with Crippen molar-refractivity contribution in [1.82, 2.24) is 5.32 Å². The normalized spacial score (nSPS) is 14.1. The molecule has 1 amide bonds. The van der Waals surface area contributed by atoms with Crippen molar-refractivity contribution in [2.45, 2.75) is 12.5 Å². The van der Waals surface area contributed by atoms with Crippen LogP contribution in [0.2, 0.25) is 0 Å². The van der Waals surface area contributed by atoms with Crippen molar-refractivity contribution in [1.29, 1.82) is 0 Å². The lowest BCUT2D eigenvalue weighted by atomic mass is 10.1. The van der Waals surface area contributed by atoms with Crippen LogP contribution >= 0.6 is 0 Å². The number of fused-ring (bicyclic) bond motifs is 1. The quantitative estimate of drug-likeness (QED) is 0.436. The minimum Gasteiger partial charge on any atom is -0.497 e. The van der Waals surface area contributed by atoms with E-state index < -0.39 is 36.9 Å². The Kier molecular flexibility index (Phi) is 7.36. The summed E-state index contributed by atoms with van der Waals surface area (Å²) >= 11 is 0. The number of hydrogen-bond donors (Lipinski definition) is 3. The zero-order chi connectivity index (χ0) is 24.8. The number of methoxy groups -OCH3 is 2. The summed E-state index contributed by atoms with van der Waals surface area (Å²) in [6, 6.07) is 7.85. The lowest BCUT2D eigenvalue weighted by Crippen LogP contribution is -2.44. The number of allylic oxidation sites excluding steroid dienone is 1. The second kappa shape index (κ2) is 10.4. The maximum atomic E-state index is 12.7. The first-order valence-electron chi connectivity index (χ1n) is 9.89. The summed E-state index contributed by atoms with van der Waals surface area (Å²) in [4.78, 5) is 46.5. The fourth-order valence-corrected chi connectivity index (χ4v) is 3.11. The minimum atomic E-state index is -1.59. The van der Waals surface area contributed by atoms with E-state index in [9.17, 15) is 19.2 Å². The number of ketones is 1. The van der Waals surface area contributed by atoms with Crippen molar-refractivity contribution >= 4 is 29.7 Å². The number of nitrogens with one attached hydrogen (secondary N) is 1. The molecule has 1 aliphatic heterocycles. The van der Waals surface area contributed by atoms with Gasteiger partial charge in [0.2, 0.25) is 5.78 Å². The Balaban J connectivity index is 1.70. The van der Waals surface area contributed by atoms with Gasteiger partial charge in [-0.05, 0) is 36.4 Å². The van der Waals surface area contributed by atoms with Crippen molar-refractivity contribution in [2.75, 3.05) is 20.8 Å². The van der Waals surface area contributed by atoms with Crippen LogP contribution in [0.15, 0.2) is 42.2 Å². The second-order valence-electron chi connectivity index (χ2n) is 7.05. The maximum Gasteiger partial charge on any atom is 0.326 e. The monoisotopic (exact) mass is 471 g/mol. The number of carboxylic acids is 2. The highest BCUT2D eigenvalue weighted by atomic mass is 16.5. The molecule has 11 nitrogen and oxygen atoms in total. The summed E-state index contributed by atoms with van der Waals surface area (Å²) in [5, 5.41) is 19.8. The highest BCUT2D eigenvalue weighted by molar-refractivity contribution is 6.14. The van der Waals surface area contributed by atoms with Crippen LogP contribution in [-0.4, -0.2) is 60.7 Å². The van der Waals surface area contributed by atoms with Gasteiger partial charge < -0.3 is 34.5 Å². The summed E-state index contributed by atoms with van der Waals surface area (Å²) in [5.41, 5.74) is 0.859. The van der Waals surface area contributed by atoms with E-state index in [1.54, 1.807) is 18.2 Å². The highest BCUT2D eigenvalue weighted by Gasteiger charge is 2.28. The molecule has 0 aromatic heterocycles. The molecule has 34 heavy (non-hydrogen) atoms. The third-order valence-electron chi connectivity index (χ3n) is 4.75. The maximum absolute atomic E-state index is 12.7. The molecular weight excluding hydrogens is 450 g/mol. The van der Waals surface area contributed by atoms with Gasteiger partial charge in [0.15, 0.2) is 12.4 Å². The molecule has 0 saturated heterocycles. The average molecular weight is 471 g/mol. The first kappa shape index (κ1) is 24.1. The molecule has 11 heteroatoms. The number of carbonyl (C=O) groups is 4. The summed E-state index contributed by atoms with van der Waals surface area (Å²) < 4.78 is 21.5. The number of ether oxygens (including phenoxy) is 4. The molecule has 2 aromatic carbocycles. The lowest BCUT2D eigenvalue weighted by molar-refractivity contribution is -0.147. The van der Waals surface area contributed by atoms with E-state index in [1.165, 1.54) is 38.5 Å². The van der Waals surface area contributed by atoms with Gasteiger partial charge in [-0.15, -0.1) is 0 Å². The van der Waals surface area contributed by atoms with Gasteiger partial charge in [0, 0.05) is 11.6 Å². The van der Waals surface area contributed by atoms with E-state index in [4.69, 9.17) is 29.2 Å². The van der Waals surface area contributed by atoms with Gasteiger partial charge in [-0.25, -0.2) is 4.79 Å². The van der Waals surface area contributed by atoms with Crippen molar-refractivity contribution in [3.63, 3.8) is 0 Å². The van der Waals surface area contributed by atoms with Gasteiger partial charge in [-0.2, -0.15) is 0 Å². The van der Waals surface area contributed by atoms with E-state index in [-0.39, 0.29) is 28.6 Å². The van der Waals surface area contributed by atoms with Gasteiger partial charge in [-0.1, -0.05) is 0 Å². The molecule has 3 N–H and O–H groups in total. The van der Waals surface area contributed by atoms with E-state index in [2.05, 4.69) is 5.32 Å². The number of carboxylic acid groups (broad SMARTS) is 2. The van der Waals surface area contributed by atoms with Gasteiger partial charge in [0.1, 0.15) is 29.0 Å². The third kappa shape index (κ3) is 5.63. The number of aliphatic carboxylic acids is 2. The van der Waals surface area contributed by atoms with Crippen molar-refractivity contribution < 1.29 is 48.3 Å². The average Bonchev–Trinajstić information content (AvgIpc) is 3.11. The third-order valence-corrected chi connectivity index (χ3v) is 4.75. The summed E-state index contributed by atoms with van der Waals surface area (Å²) in [6.45, 7) is -0.570. The van der Waals surface area contributed by atoms with Crippen LogP contribution in [0.25, 0.3) is 6.08 Å². The molecule has 3 rings (SSSR count). The van der Waals surface area contributed by atoms with Crippen LogP contribution in [0.3, 0.4) is 0 Å². The van der Waals surface area contributed by atoms with Crippen LogP contribution in [-0.2, 0) is 14.4 Å². The molecule has 0 aliphatic carbocycles. The van der Waals surface area contributed by atoms with Crippen molar-refractivity contribution in [3.8, 4) is 23.0 Å². The first-order valence-corrected chi connectivity index (χ1v) is 9.89. The van der Waals surface area contributed by atoms with E-state index in [0.717, 1.165) is 0 Å². The molecular formula is C23H21NO10.